The molecular weight excluding hydrogens is 200 g/mol. The summed E-state index contributed by atoms with van der Waals surface area (Å²) < 4.78 is 1.22. The Morgan fingerprint density at radius 1 is 1.73 bits per heavy atom. The Hall–Kier alpha value is -2.36. The molecule has 78 valence electrons. The maximum atomic E-state index is 11.1. The van der Waals surface area contributed by atoms with Gasteiger partial charge in [-0.3, -0.25) is 9.48 Å². The molecule has 7 heteroatoms. The summed E-state index contributed by atoms with van der Waals surface area (Å²) in [5.41, 5.74) is -0.108. The van der Waals surface area contributed by atoms with Gasteiger partial charge in [0.25, 0.3) is 0 Å². The lowest BCUT2D eigenvalue weighted by Gasteiger charge is -2.03. The normalized spacial score (nSPS) is 9.33. The molecule has 0 aromatic carbocycles. The molecule has 7 nitrogen and oxygen atoms in total. The summed E-state index contributed by atoms with van der Waals surface area (Å²) >= 11 is 0. The van der Waals surface area contributed by atoms with Gasteiger partial charge in [-0.1, -0.05) is 0 Å². The summed E-state index contributed by atoms with van der Waals surface area (Å²) in [4.78, 5) is 21.8. The zero-order valence-corrected chi connectivity index (χ0v) is 7.89. The Bertz CT molecular complexity index is 443. The summed E-state index contributed by atoms with van der Waals surface area (Å²) in [6, 6.07) is 1.66. The van der Waals surface area contributed by atoms with Gasteiger partial charge in [0, 0.05) is 7.05 Å². The fourth-order valence-electron chi connectivity index (χ4n) is 0.990. The van der Waals surface area contributed by atoms with Crippen molar-refractivity contribution in [1.29, 1.82) is 5.26 Å². The minimum absolute atomic E-state index is 0.0720. The van der Waals surface area contributed by atoms with Crippen LogP contribution in [0.25, 0.3) is 0 Å². The summed E-state index contributed by atoms with van der Waals surface area (Å²) in [5, 5.41) is 23.0. The fourth-order valence-corrected chi connectivity index (χ4v) is 0.990. The first-order valence-electron chi connectivity index (χ1n) is 3.98. The van der Waals surface area contributed by atoms with E-state index < -0.39 is 11.9 Å². The van der Waals surface area contributed by atoms with Crippen LogP contribution in [0.1, 0.15) is 16.8 Å². The van der Waals surface area contributed by atoms with Gasteiger partial charge in [-0.05, 0) is 0 Å². The van der Waals surface area contributed by atoms with Crippen LogP contribution in [-0.2, 0) is 11.8 Å². The highest BCUT2D eigenvalue weighted by molar-refractivity contribution is 5.99. The van der Waals surface area contributed by atoms with E-state index in [0.29, 0.717) is 0 Å². The van der Waals surface area contributed by atoms with Gasteiger partial charge >= 0.3 is 5.97 Å². The SMILES string of the molecule is Cn1ncc(C(=O)O)c1NC(=O)CC#N. The largest absolute Gasteiger partial charge is 0.477 e. The zero-order valence-electron chi connectivity index (χ0n) is 7.89. The van der Waals surface area contributed by atoms with E-state index in [1.165, 1.54) is 11.7 Å². The van der Waals surface area contributed by atoms with Crippen LogP contribution in [-0.4, -0.2) is 26.8 Å². The molecule has 0 atom stereocenters. The maximum absolute atomic E-state index is 11.1. The third-order valence-electron chi connectivity index (χ3n) is 1.67. The average Bonchev–Trinajstić information content (AvgIpc) is 2.48. The quantitative estimate of drug-likeness (QED) is 0.725. The van der Waals surface area contributed by atoms with Crippen LogP contribution in [0, 0.1) is 11.3 Å². The van der Waals surface area contributed by atoms with Crippen LogP contribution in [0.4, 0.5) is 5.82 Å². The Kier molecular flexibility index (Phi) is 3.03. The molecule has 0 saturated heterocycles. The van der Waals surface area contributed by atoms with Crippen LogP contribution in [0.15, 0.2) is 6.20 Å². The van der Waals surface area contributed by atoms with Gasteiger partial charge in [0.1, 0.15) is 17.8 Å². The van der Waals surface area contributed by atoms with Crippen molar-refractivity contribution in [2.75, 3.05) is 5.32 Å². The molecule has 1 rings (SSSR count). The van der Waals surface area contributed by atoms with E-state index in [1.807, 2.05) is 0 Å². The molecule has 0 aliphatic rings. The second kappa shape index (κ2) is 4.23. The van der Waals surface area contributed by atoms with Gasteiger partial charge in [0.15, 0.2) is 0 Å². The molecule has 1 heterocycles. The van der Waals surface area contributed by atoms with Gasteiger partial charge in [0.05, 0.1) is 12.3 Å². The van der Waals surface area contributed by atoms with Crippen molar-refractivity contribution < 1.29 is 14.7 Å². The molecule has 0 spiro atoms. The number of nitrogens with zero attached hydrogens (tertiary/aromatic N) is 3. The Morgan fingerprint density at radius 3 is 2.93 bits per heavy atom. The standard InChI is InChI=1S/C8H8N4O3/c1-12-7(11-6(13)2-3-9)5(4-10-12)8(14)15/h4H,2H2,1H3,(H,11,13)(H,14,15). The zero-order chi connectivity index (χ0) is 11.4. The molecule has 1 aromatic rings. The predicted octanol–water partition coefficient (Wildman–Crippen LogP) is -0.0295. The molecule has 0 aliphatic heterocycles. The molecule has 0 bridgehead atoms. The first kappa shape index (κ1) is 10.7. The number of carbonyl (C=O) groups excluding carboxylic acids is 1. The van der Waals surface area contributed by atoms with Crippen molar-refractivity contribution in [1.82, 2.24) is 9.78 Å². The van der Waals surface area contributed by atoms with E-state index in [-0.39, 0.29) is 17.8 Å². The number of hydrogen-bond donors (Lipinski definition) is 2. The number of amides is 1. The second-order valence-electron chi connectivity index (χ2n) is 2.72. The average molecular weight is 208 g/mol. The van der Waals surface area contributed by atoms with Crippen molar-refractivity contribution >= 4 is 17.7 Å². The number of rotatable bonds is 3. The predicted molar refractivity (Wildman–Crippen MR) is 49.0 cm³/mol. The lowest BCUT2D eigenvalue weighted by atomic mass is 10.3. The van der Waals surface area contributed by atoms with Crippen molar-refractivity contribution in [2.45, 2.75) is 6.42 Å². The Balaban J connectivity index is 2.94. The van der Waals surface area contributed by atoms with E-state index in [2.05, 4.69) is 10.4 Å². The summed E-state index contributed by atoms with van der Waals surface area (Å²) in [6.07, 6.45) is 0.800. The summed E-state index contributed by atoms with van der Waals surface area (Å²) in [7, 11) is 1.49. The van der Waals surface area contributed by atoms with Crippen LogP contribution in [0.5, 0.6) is 0 Å². The number of aryl methyl sites for hydroxylation is 1. The third kappa shape index (κ3) is 2.31. The lowest BCUT2D eigenvalue weighted by Crippen LogP contribution is -2.15. The van der Waals surface area contributed by atoms with Gasteiger partial charge in [-0.2, -0.15) is 10.4 Å². The number of aromatic carboxylic acids is 1. The highest BCUT2D eigenvalue weighted by Crippen LogP contribution is 2.13. The number of carboxylic acids is 1. The third-order valence-corrected chi connectivity index (χ3v) is 1.67. The van der Waals surface area contributed by atoms with Gasteiger partial charge in [-0.25, -0.2) is 4.79 Å². The van der Waals surface area contributed by atoms with Crippen LogP contribution >= 0.6 is 0 Å². The van der Waals surface area contributed by atoms with Crippen molar-refractivity contribution in [3.05, 3.63) is 11.8 Å². The monoisotopic (exact) mass is 208 g/mol. The maximum Gasteiger partial charge on any atom is 0.341 e. The number of nitriles is 1. The minimum Gasteiger partial charge on any atom is -0.477 e. The molecule has 0 fully saturated rings. The number of aromatic nitrogens is 2. The fraction of sp³-hybridized carbons (Fsp3) is 0.250. The second-order valence-corrected chi connectivity index (χ2v) is 2.72. The van der Waals surface area contributed by atoms with E-state index >= 15 is 0 Å². The minimum atomic E-state index is -1.18. The molecular formula is C8H8N4O3. The number of carboxylic acid groups (broad SMARTS) is 1. The number of nitrogens with one attached hydrogen (secondary N) is 1. The first-order valence-corrected chi connectivity index (χ1v) is 3.98. The van der Waals surface area contributed by atoms with Crippen molar-refractivity contribution in [3.63, 3.8) is 0 Å². The number of hydrogen-bond acceptors (Lipinski definition) is 4. The van der Waals surface area contributed by atoms with Crippen LogP contribution in [0.2, 0.25) is 0 Å². The summed E-state index contributed by atoms with van der Waals surface area (Å²) in [5.74, 6) is -1.68. The van der Waals surface area contributed by atoms with E-state index in [1.54, 1.807) is 6.07 Å². The Labute approximate surface area is 84.9 Å². The van der Waals surface area contributed by atoms with E-state index in [9.17, 15) is 9.59 Å². The smallest absolute Gasteiger partial charge is 0.341 e. The van der Waals surface area contributed by atoms with Gasteiger partial charge < -0.3 is 10.4 Å². The first-order chi connectivity index (χ1) is 7.06. The topological polar surface area (TPSA) is 108 Å². The molecule has 0 unspecified atom stereocenters. The number of anilines is 1. The van der Waals surface area contributed by atoms with Gasteiger partial charge in [0.2, 0.25) is 5.91 Å². The molecule has 2 N–H and O–H groups in total. The molecule has 0 radical (unpaired) electrons. The lowest BCUT2D eigenvalue weighted by molar-refractivity contribution is -0.115. The van der Waals surface area contributed by atoms with Crippen molar-refractivity contribution in [3.8, 4) is 6.07 Å². The molecule has 15 heavy (non-hydrogen) atoms. The van der Waals surface area contributed by atoms with E-state index in [4.69, 9.17) is 10.4 Å². The molecule has 1 amide bonds. The number of carbonyl (C=O) groups is 2. The molecule has 0 aliphatic carbocycles. The van der Waals surface area contributed by atoms with Crippen LogP contribution in [0.3, 0.4) is 0 Å². The van der Waals surface area contributed by atoms with E-state index in [0.717, 1.165) is 6.20 Å². The van der Waals surface area contributed by atoms with Crippen molar-refractivity contribution in [2.24, 2.45) is 7.05 Å². The highest BCUT2D eigenvalue weighted by atomic mass is 16.4. The summed E-state index contributed by atoms with van der Waals surface area (Å²) in [6.45, 7) is 0. The van der Waals surface area contributed by atoms with Crippen LogP contribution < -0.4 is 5.32 Å². The molecule has 1 aromatic heterocycles. The Morgan fingerprint density at radius 2 is 2.40 bits per heavy atom. The highest BCUT2D eigenvalue weighted by Gasteiger charge is 2.16. The van der Waals surface area contributed by atoms with Gasteiger partial charge in [-0.15, -0.1) is 0 Å². The molecule has 0 saturated carbocycles.